The Morgan fingerprint density at radius 2 is 1.08 bits per heavy atom. The zero-order chi connectivity index (χ0) is 25.6. The van der Waals surface area contributed by atoms with Gasteiger partial charge in [0.25, 0.3) is 0 Å². The summed E-state index contributed by atoms with van der Waals surface area (Å²) in [4.78, 5) is 14.7. The fraction of sp³-hybridized carbons (Fsp3) is 0.206. The minimum absolute atomic E-state index is 0.161. The first-order valence-electron chi connectivity index (χ1n) is 12.9. The van der Waals surface area contributed by atoms with Crippen LogP contribution in [0.1, 0.15) is 45.2 Å². The number of aromatic nitrogens is 3. The zero-order valence-corrected chi connectivity index (χ0v) is 21.9. The number of nitrogens with zero attached hydrogens (tertiary/aromatic N) is 3. The van der Waals surface area contributed by atoms with Crippen molar-refractivity contribution >= 4 is 0 Å². The number of pyridine rings is 1. The molecule has 0 radical (unpaired) electrons. The average Bonchev–Trinajstić information content (AvgIpc) is 3.12. The van der Waals surface area contributed by atoms with Crippen LogP contribution >= 0.6 is 0 Å². The van der Waals surface area contributed by atoms with Crippen molar-refractivity contribution in [3.63, 3.8) is 0 Å². The summed E-state index contributed by atoms with van der Waals surface area (Å²) in [5.74, 6) is 0.677. The van der Waals surface area contributed by atoms with Crippen molar-refractivity contribution in [1.29, 1.82) is 0 Å². The fourth-order valence-corrected chi connectivity index (χ4v) is 5.94. The third kappa shape index (κ3) is 4.35. The fourth-order valence-electron chi connectivity index (χ4n) is 5.94. The smallest absolute Gasteiger partial charge is 0.161 e. The number of fused-ring (bicyclic) bond motifs is 1. The molecule has 3 nitrogen and oxygen atoms in total. The molecular formula is C34H31N3. The molecule has 1 aliphatic rings. The van der Waals surface area contributed by atoms with E-state index in [-0.39, 0.29) is 10.8 Å². The molecule has 0 saturated carbocycles. The summed E-state index contributed by atoms with van der Waals surface area (Å²) in [5.41, 5.74) is 10.2. The molecule has 0 atom stereocenters. The van der Waals surface area contributed by atoms with E-state index < -0.39 is 0 Å². The van der Waals surface area contributed by atoms with Crippen LogP contribution in [0, 0.1) is 0 Å². The zero-order valence-electron chi connectivity index (χ0n) is 21.9. The Kier molecular flexibility index (Phi) is 5.52. The van der Waals surface area contributed by atoms with Crippen LogP contribution in [-0.4, -0.2) is 15.0 Å². The molecule has 6 rings (SSSR count). The van der Waals surface area contributed by atoms with Crippen LogP contribution in [0.2, 0.25) is 0 Å². The number of rotatable bonds is 4. The van der Waals surface area contributed by atoms with E-state index in [1.54, 1.807) is 0 Å². The monoisotopic (exact) mass is 481 g/mol. The van der Waals surface area contributed by atoms with Gasteiger partial charge in [-0.05, 0) is 52.6 Å². The van der Waals surface area contributed by atoms with E-state index in [1.807, 2.05) is 42.6 Å². The lowest BCUT2D eigenvalue weighted by Crippen LogP contribution is -2.17. The van der Waals surface area contributed by atoms with Crippen molar-refractivity contribution in [3.8, 4) is 45.2 Å². The van der Waals surface area contributed by atoms with Gasteiger partial charge in [-0.2, -0.15) is 0 Å². The lowest BCUT2D eigenvalue weighted by molar-refractivity contribution is 0.403. The minimum Gasteiger partial charge on any atom is -0.255 e. The van der Waals surface area contributed by atoms with Crippen LogP contribution in [0.5, 0.6) is 0 Å². The summed E-state index contributed by atoms with van der Waals surface area (Å²) in [5, 5.41) is 0. The van der Waals surface area contributed by atoms with Crippen molar-refractivity contribution in [2.24, 2.45) is 0 Å². The first kappa shape index (κ1) is 23.3. The Hall–Kier alpha value is -4.11. The lowest BCUT2D eigenvalue weighted by Gasteiger charge is -2.22. The van der Waals surface area contributed by atoms with E-state index in [4.69, 9.17) is 15.0 Å². The summed E-state index contributed by atoms with van der Waals surface area (Å²) in [7, 11) is 0. The summed E-state index contributed by atoms with van der Waals surface area (Å²) in [6.07, 6.45) is 3.06. The van der Waals surface area contributed by atoms with E-state index in [1.165, 1.54) is 11.1 Å². The first-order valence-corrected chi connectivity index (χ1v) is 12.9. The Bertz CT molecular complexity index is 1510. The van der Waals surface area contributed by atoms with Gasteiger partial charge in [-0.1, -0.05) is 100 Å². The quantitative estimate of drug-likeness (QED) is 0.258. The van der Waals surface area contributed by atoms with E-state index in [9.17, 15) is 0 Å². The van der Waals surface area contributed by atoms with Crippen LogP contribution in [0.4, 0.5) is 0 Å². The summed E-state index contributed by atoms with van der Waals surface area (Å²) in [6.45, 7) is 9.39. The maximum atomic E-state index is 4.93. The molecule has 0 aliphatic heterocycles. The van der Waals surface area contributed by atoms with Crippen molar-refractivity contribution < 1.29 is 0 Å². The molecular weight excluding hydrogens is 450 g/mol. The van der Waals surface area contributed by atoms with Gasteiger partial charge in [-0.3, -0.25) is 4.98 Å². The molecule has 0 spiro atoms. The standard InChI is InChI=1S/C34H31N3/c1-33(2)22-34(3,4)28-19-25(15-17-27(28)33)29-18-16-26(21-35-29)32-36-30(23-11-7-5-8-12-23)20-31(37-32)24-13-9-6-10-14-24/h5-21H,22H2,1-4H3. The number of hydrogen-bond acceptors (Lipinski definition) is 3. The molecule has 37 heavy (non-hydrogen) atoms. The highest BCUT2D eigenvalue weighted by atomic mass is 14.9. The normalized spacial score (nSPS) is 15.4. The highest BCUT2D eigenvalue weighted by Gasteiger charge is 2.41. The SMILES string of the molecule is CC1(C)CC(C)(C)c2cc(-c3ccc(-c4nc(-c5ccccc5)cc(-c5ccccc5)n4)cn3)ccc21. The topological polar surface area (TPSA) is 38.7 Å². The number of benzene rings is 3. The molecule has 3 aromatic carbocycles. The molecule has 5 aromatic rings. The van der Waals surface area contributed by atoms with Crippen LogP contribution in [0.15, 0.2) is 103 Å². The van der Waals surface area contributed by atoms with Crippen molar-refractivity contribution in [1.82, 2.24) is 15.0 Å². The van der Waals surface area contributed by atoms with Gasteiger partial charge in [0.1, 0.15) is 0 Å². The van der Waals surface area contributed by atoms with Gasteiger partial charge in [0.15, 0.2) is 5.82 Å². The van der Waals surface area contributed by atoms with Gasteiger partial charge in [-0.15, -0.1) is 0 Å². The van der Waals surface area contributed by atoms with Gasteiger partial charge in [0, 0.05) is 28.5 Å². The maximum Gasteiger partial charge on any atom is 0.161 e. The van der Waals surface area contributed by atoms with Gasteiger partial charge in [0.05, 0.1) is 17.1 Å². The van der Waals surface area contributed by atoms with Crippen molar-refractivity contribution in [3.05, 3.63) is 114 Å². The van der Waals surface area contributed by atoms with Crippen molar-refractivity contribution in [2.45, 2.75) is 44.9 Å². The van der Waals surface area contributed by atoms with E-state index in [0.717, 1.165) is 45.8 Å². The van der Waals surface area contributed by atoms with Crippen LogP contribution < -0.4 is 0 Å². The van der Waals surface area contributed by atoms with Crippen LogP contribution in [0.25, 0.3) is 45.2 Å². The largest absolute Gasteiger partial charge is 0.255 e. The van der Waals surface area contributed by atoms with Gasteiger partial charge in [0.2, 0.25) is 0 Å². The molecule has 2 aromatic heterocycles. The summed E-state index contributed by atoms with van der Waals surface area (Å²) < 4.78 is 0. The predicted octanol–water partition coefficient (Wildman–Crippen LogP) is 8.50. The molecule has 0 saturated heterocycles. The van der Waals surface area contributed by atoms with Crippen LogP contribution in [0.3, 0.4) is 0 Å². The van der Waals surface area contributed by atoms with E-state index in [2.05, 4.69) is 88.4 Å². The van der Waals surface area contributed by atoms with E-state index >= 15 is 0 Å². The molecule has 0 unspecified atom stereocenters. The first-order chi connectivity index (χ1) is 17.8. The minimum atomic E-state index is 0.161. The average molecular weight is 482 g/mol. The van der Waals surface area contributed by atoms with Gasteiger partial charge in [-0.25, -0.2) is 9.97 Å². The summed E-state index contributed by atoms with van der Waals surface area (Å²) >= 11 is 0. The summed E-state index contributed by atoms with van der Waals surface area (Å²) in [6, 6.07) is 33.6. The molecule has 2 heterocycles. The molecule has 0 bridgehead atoms. The Morgan fingerprint density at radius 3 is 1.65 bits per heavy atom. The number of hydrogen-bond donors (Lipinski definition) is 0. The maximum absolute atomic E-state index is 4.93. The van der Waals surface area contributed by atoms with E-state index in [0.29, 0.717) is 5.82 Å². The lowest BCUT2D eigenvalue weighted by atomic mass is 9.82. The molecule has 0 fully saturated rings. The molecule has 182 valence electrons. The second kappa shape index (κ2) is 8.77. The molecule has 0 amide bonds. The predicted molar refractivity (Wildman–Crippen MR) is 152 cm³/mol. The second-order valence-corrected chi connectivity index (χ2v) is 11.3. The van der Waals surface area contributed by atoms with Gasteiger partial charge < -0.3 is 0 Å². The van der Waals surface area contributed by atoms with Crippen LogP contribution in [-0.2, 0) is 10.8 Å². The third-order valence-electron chi connectivity index (χ3n) is 7.54. The molecule has 3 heteroatoms. The third-order valence-corrected chi connectivity index (χ3v) is 7.54. The highest BCUT2D eigenvalue weighted by molar-refractivity contribution is 5.72. The Balaban J connectivity index is 1.40. The van der Waals surface area contributed by atoms with Gasteiger partial charge >= 0.3 is 0 Å². The Labute approximate surface area is 219 Å². The second-order valence-electron chi connectivity index (χ2n) is 11.3. The molecule has 0 N–H and O–H groups in total. The van der Waals surface area contributed by atoms with Crippen molar-refractivity contribution in [2.75, 3.05) is 0 Å². The molecule has 1 aliphatic carbocycles. The Morgan fingerprint density at radius 1 is 0.514 bits per heavy atom. The highest BCUT2D eigenvalue weighted by Crippen LogP contribution is 2.50.